The molecular weight excluding hydrogens is 1100 g/mol. The number of aromatic nitrogens is 2. The molecule has 2 aliphatic heterocycles. The van der Waals surface area contributed by atoms with E-state index in [-0.39, 0.29) is 67.5 Å². The number of carbonyl (C=O) groups excluding carboxylic acids is 6. The molecule has 2 atom stereocenters. The van der Waals surface area contributed by atoms with E-state index in [4.69, 9.17) is 47.2 Å². The van der Waals surface area contributed by atoms with Crippen molar-refractivity contribution < 1.29 is 86.1 Å². The number of methoxy groups -OCH3 is 6. The predicted molar refractivity (Wildman–Crippen MR) is 300 cm³/mol. The molecule has 0 saturated heterocycles. The smallest absolute Gasteiger partial charge is 0.300 e. The number of carbonyl (C=O) groups is 7. The maximum atomic E-state index is 13.9. The lowest BCUT2D eigenvalue weighted by molar-refractivity contribution is -0.134. The molecule has 0 saturated carbocycles. The van der Waals surface area contributed by atoms with Crippen LogP contribution in [-0.4, -0.2) is 109 Å². The number of ketones is 4. The minimum Gasteiger partial charge on any atom is -0.503 e. The van der Waals surface area contributed by atoms with Crippen molar-refractivity contribution in [3.05, 3.63) is 151 Å². The zero-order valence-electron chi connectivity index (χ0n) is 45.8. The number of Topliss-reactive ketones (excluding diaryl/α,β-unsaturated/α-hetero) is 4. The first-order valence-corrected chi connectivity index (χ1v) is 26.1. The second kappa shape index (κ2) is 23.9. The van der Waals surface area contributed by atoms with Crippen molar-refractivity contribution in [2.45, 2.75) is 46.7 Å². The molecule has 82 heavy (non-hydrogen) atoms. The fraction of sp³-hybridized carbons (Fsp3) is 0.224. The SMILES string of the molecule is CC(=O)O.COc1cc(C2C(C(=O)c3cc4ccccc4o3)=C(O)C(=O)N2c2nc(C)c(C(C)=O)s2)cc(OC)c1OC.COc1cc(C2C(C(=O)c3cc4ccccc4o3)=C(O)C(=O)N2c2nc(C)c(C(C)=O)s2)cc(OC)c1OC. The van der Waals surface area contributed by atoms with Crippen molar-refractivity contribution >= 4 is 95.8 Å². The lowest BCUT2D eigenvalue weighted by atomic mass is 9.94. The Hall–Kier alpha value is -9.81. The van der Waals surface area contributed by atoms with Gasteiger partial charge in [0, 0.05) is 31.5 Å². The first-order chi connectivity index (χ1) is 39.1. The van der Waals surface area contributed by atoms with Crippen LogP contribution in [0.4, 0.5) is 10.3 Å². The summed E-state index contributed by atoms with van der Waals surface area (Å²) in [7, 11) is 8.67. The van der Waals surface area contributed by atoms with Crippen molar-refractivity contribution in [2.75, 3.05) is 52.5 Å². The molecule has 0 bridgehead atoms. The van der Waals surface area contributed by atoms with Crippen LogP contribution in [-0.2, 0) is 14.4 Å². The number of carboxylic acids is 1. The Morgan fingerprint density at radius 1 is 0.524 bits per heavy atom. The van der Waals surface area contributed by atoms with Gasteiger partial charge in [-0.15, -0.1) is 0 Å². The van der Waals surface area contributed by atoms with Gasteiger partial charge >= 0.3 is 0 Å². The number of rotatable bonds is 16. The summed E-state index contributed by atoms with van der Waals surface area (Å²) < 4.78 is 44.4. The molecule has 6 heterocycles. The van der Waals surface area contributed by atoms with Gasteiger partial charge in [0.15, 0.2) is 67.9 Å². The number of furan rings is 2. The Morgan fingerprint density at radius 3 is 1.11 bits per heavy atom. The van der Waals surface area contributed by atoms with Gasteiger partial charge in [-0.3, -0.25) is 43.4 Å². The number of ether oxygens (including phenoxy) is 6. The number of nitrogens with zero attached hydrogens (tertiary/aromatic N) is 4. The topological polar surface area (TPSA) is 294 Å². The van der Waals surface area contributed by atoms with Gasteiger partial charge in [0.2, 0.25) is 23.1 Å². The molecule has 10 rings (SSSR count). The van der Waals surface area contributed by atoms with Crippen LogP contribution < -0.4 is 38.2 Å². The van der Waals surface area contributed by atoms with Crippen molar-refractivity contribution in [3.8, 4) is 34.5 Å². The Balaban J connectivity index is 0.000000202. The number of thiazole rings is 2. The molecule has 2 amide bonds. The Bertz CT molecular complexity index is 3610. The minimum atomic E-state index is -1.16. The van der Waals surface area contributed by atoms with Gasteiger partial charge in [-0.25, -0.2) is 9.97 Å². The molecular formula is C58H52N4O18S2. The van der Waals surface area contributed by atoms with Crippen LogP contribution in [0, 0.1) is 13.8 Å². The van der Waals surface area contributed by atoms with E-state index in [9.17, 15) is 39.0 Å². The summed E-state index contributed by atoms with van der Waals surface area (Å²) in [5.41, 5.74) is 2.13. The third-order valence-corrected chi connectivity index (χ3v) is 15.3. The highest BCUT2D eigenvalue weighted by Crippen LogP contribution is 2.50. The van der Waals surface area contributed by atoms with Crippen molar-refractivity contribution in [2.24, 2.45) is 0 Å². The largest absolute Gasteiger partial charge is 0.503 e. The highest BCUT2D eigenvalue weighted by molar-refractivity contribution is 7.18. The second-order valence-corrected chi connectivity index (χ2v) is 20.0. The predicted octanol–water partition coefficient (Wildman–Crippen LogP) is 10.5. The first-order valence-electron chi connectivity index (χ1n) is 24.5. The van der Waals surface area contributed by atoms with Gasteiger partial charge in [-0.05, 0) is 73.5 Å². The number of aliphatic carboxylic acids is 1. The number of para-hydroxylation sites is 2. The molecule has 2 unspecified atom stereocenters. The molecule has 4 aromatic heterocycles. The van der Waals surface area contributed by atoms with Crippen molar-refractivity contribution in [1.29, 1.82) is 0 Å². The molecule has 0 spiro atoms. The Labute approximate surface area is 474 Å². The van der Waals surface area contributed by atoms with Gasteiger partial charge in [-0.1, -0.05) is 59.1 Å². The van der Waals surface area contributed by atoms with Crippen LogP contribution in [0.1, 0.15) is 95.8 Å². The maximum Gasteiger partial charge on any atom is 0.300 e. The quantitative estimate of drug-likeness (QED) is 0.0758. The normalized spacial score (nSPS) is 14.8. The van der Waals surface area contributed by atoms with E-state index in [1.807, 2.05) is 0 Å². The average molecular weight is 1160 g/mol. The van der Waals surface area contributed by atoms with Crippen LogP contribution in [0.15, 0.2) is 116 Å². The zero-order chi connectivity index (χ0) is 59.6. The van der Waals surface area contributed by atoms with Gasteiger partial charge in [-0.2, -0.15) is 0 Å². The number of aliphatic hydroxyl groups is 2. The van der Waals surface area contributed by atoms with E-state index in [0.717, 1.165) is 29.6 Å². The van der Waals surface area contributed by atoms with E-state index < -0.39 is 53.0 Å². The summed E-state index contributed by atoms with van der Waals surface area (Å²) in [4.78, 5) is 100. The number of anilines is 2. The molecule has 0 fully saturated rings. The summed E-state index contributed by atoms with van der Waals surface area (Å²) in [6.07, 6.45) is 0. The number of fused-ring (bicyclic) bond motifs is 2. The molecule has 22 nitrogen and oxygen atoms in total. The van der Waals surface area contributed by atoms with E-state index in [1.54, 1.807) is 98.8 Å². The Kier molecular flexibility index (Phi) is 17.0. The van der Waals surface area contributed by atoms with Crippen LogP contribution in [0.3, 0.4) is 0 Å². The number of aliphatic hydroxyl groups excluding tert-OH is 2. The molecule has 4 aromatic carbocycles. The van der Waals surface area contributed by atoms with E-state index in [2.05, 4.69) is 9.97 Å². The average Bonchev–Trinajstić information content (AvgIpc) is 3.55. The fourth-order valence-electron chi connectivity index (χ4n) is 9.30. The maximum absolute atomic E-state index is 13.9. The summed E-state index contributed by atoms with van der Waals surface area (Å²) in [6, 6.07) is 21.3. The van der Waals surface area contributed by atoms with Crippen molar-refractivity contribution in [1.82, 2.24) is 9.97 Å². The fourth-order valence-corrected chi connectivity index (χ4v) is 11.3. The standard InChI is InChI=1S/2C28H24N2O8S.C2H4O2/c2*1-13-26(14(2)31)39-28(29-13)30-22(16-11-19(35-3)25(37-5)20(12-16)36-4)21(24(33)27(30)34)23(32)18-10-15-8-6-7-9-17(15)38-18;1-2(3)4/h2*6-12,22,33H,1-5H3;1H3,(H,3,4). The number of benzene rings is 4. The lowest BCUT2D eigenvalue weighted by Gasteiger charge is -2.25. The highest BCUT2D eigenvalue weighted by atomic mass is 32.1. The first kappa shape index (κ1) is 58.3. The summed E-state index contributed by atoms with van der Waals surface area (Å²) in [6.45, 7) is 7.19. The highest BCUT2D eigenvalue weighted by Gasteiger charge is 2.49. The lowest BCUT2D eigenvalue weighted by Crippen LogP contribution is -2.31. The number of hydrogen-bond acceptors (Lipinski definition) is 21. The van der Waals surface area contributed by atoms with Crippen LogP contribution in [0.2, 0.25) is 0 Å². The van der Waals surface area contributed by atoms with Gasteiger partial charge in [0.1, 0.15) is 11.2 Å². The number of carboxylic acid groups (broad SMARTS) is 1. The van der Waals surface area contributed by atoms with Crippen molar-refractivity contribution in [3.63, 3.8) is 0 Å². The molecule has 0 aliphatic carbocycles. The third kappa shape index (κ3) is 10.8. The number of aryl methyl sites for hydroxylation is 2. The van der Waals surface area contributed by atoms with E-state index >= 15 is 0 Å². The molecule has 3 N–H and O–H groups in total. The number of amides is 2. The van der Waals surface area contributed by atoms with Crippen LogP contribution >= 0.6 is 22.7 Å². The Morgan fingerprint density at radius 2 is 0.841 bits per heavy atom. The minimum absolute atomic E-state index is 0.0513. The second-order valence-electron chi connectivity index (χ2n) is 18.0. The molecule has 2 aliphatic rings. The van der Waals surface area contributed by atoms with E-state index in [1.165, 1.54) is 66.3 Å². The molecule has 0 radical (unpaired) electrons. The van der Waals surface area contributed by atoms with Gasteiger partial charge < -0.3 is 52.6 Å². The third-order valence-electron chi connectivity index (χ3n) is 12.8. The van der Waals surface area contributed by atoms with Crippen LogP contribution in [0.25, 0.3) is 21.9 Å². The summed E-state index contributed by atoms with van der Waals surface area (Å²) in [5, 5.41) is 31.3. The summed E-state index contributed by atoms with van der Waals surface area (Å²) >= 11 is 1.99. The monoisotopic (exact) mass is 1160 g/mol. The van der Waals surface area contributed by atoms with Gasteiger partial charge in [0.05, 0.1) is 87.0 Å². The molecule has 8 aromatic rings. The van der Waals surface area contributed by atoms with Crippen LogP contribution in [0.5, 0.6) is 34.5 Å². The van der Waals surface area contributed by atoms with Gasteiger partial charge in [0.25, 0.3) is 17.8 Å². The summed E-state index contributed by atoms with van der Waals surface area (Å²) in [5.74, 6) is -4.22. The number of hydrogen-bond donors (Lipinski definition) is 3. The van der Waals surface area contributed by atoms with E-state index in [0.29, 0.717) is 65.7 Å². The molecule has 424 valence electrons. The zero-order valence-corrected chi connectivity index (χ0v) is 47.4. The molecule has 24 heteroatoms.